The molecule has 0 aliphatic heterocycles. The Morgan fingerprint density at radius 2 is 1.75 bits per heavy atom. The Morgan fingerprint density at radius 1 is 1.25 bits per heavy atom. The van der Waals surface area contributed by atoms with E-state index < -0.39 is 0 Å². The maximum Gasteiger partial charge on any atom is 0.291 e. The molecular weight excluding hydrogens is 265 g/mol. The van der Waals surface area contributed by atoms with Crippen LogP contribution in [-0.2, 0) is 0 Å². The highest BCUT2D eigenvalue weighted by molar-refractivity contribution is 9.18. The summed E-state index contributed by atoms with van der Waals surface area (Å²) in [4.78, 5) is 10.2. The number of hydrogen-bond acceptors (Lipinski definition) is 1. The number of benzene rings is 1. The SMILES string of the molecule is O=C(Br)Nc1cc(Cl)cc(Cl)c1. The highest BCUT2D eigenvalue weighted by Gasteiger charge is 1.99. The van der Waals surface area contributed by atoms with Gasteiger partial charge in [-0.2, -0.15) is 0 Å². The molecule has 0 aromatic heterocycles. The van der Waals surface area contributed by atoms with Gasteiger partial charge in [0.15, 0.2) is 0 Å². The van der Waals surface area contributed by atoms with Gasteiger partial charge in [-0.15, -0.1) is 0 Å². The third-order valence-electron chi connectivity index (χ3n) is 1.11. The van der Waals surface area contributed by atoms with E-state index in [-0.39, 0.29) is 4.82 Å². The summed E-state index contributed by atoms with van der Waals surface area (Å²) >= 11 is 14.1. The van der Waals surface area contributed by atoms with Crippen molar-refractivity contribution in [3.05, 3.63) is 28.2 Å². The van der Waals surface area contributed by atoms with E-state index >= 15 is 0 Å². The van der Waals surface area contributed by atoms with Gasteiger partial charge in [0.25, 0.3) is 4.82 Å². The van der Waals surface area contributed by atoms with Crippen molar-refractivity contribution in [2.75, 3.05) is 5.32 Å². The smallest absolute Gasteiger partial charge is 0.291 e. The van der Waals surface area contributed by atoms with Crippen LogP contribution in [-0.4, -0.2) is 4.82 Å². The van der Waals surface area contributed by atoms with Crippen molar-refractivity contribution < 1.29 is 4.79 Å². The van der Waals surface area contributed by atoms with Crippen LogP contribution in [0.25, 0.3) is 0 Å². The second kappa shape index (κ2) is 4.12. The summed E-state index contributed by atoms with van der Waals surface area (Å²) in [5.74, 6) is 0. The van der Waals surface area contributed by atoms with E-state index in [4.69, 9.17) is 23.2 Å². The van der Waals surface area contributed by atoms with Gasteiger partial charge in [-0.3, -0.25) is 4.79 Å². The quantitative estimate of drug-likeness (QED) is 0.607. The first-order chi connectivity index (χ1) is 5.58. The van der Waals surface area contributed by atoms with Gasteiger partial charge >= 0.3 is 0 Å². The van der Waals surface area contributed by atoms with Crippen LogP contribution >= 0.6 is 39.1 Å². The highest BCUT2D eigenvalue weighted by atomic mass is 79.9. The molecule has 1 aromatic rings. The Labute approximate surface area is 88.0 Å². The van der Waals surface area contributed by atoms with Crippen molar-refractivity contribution in [1.82, 2.24) is 0 Å². The summed E-state index contributed by atoms with van der Waals surface area (Å²) in [6, 6.07) is 4.80. The molecule has 1 amide bonds. The van der Waals surface area contributed by atoms with Gasteiger partial charge in [-0.1, -0.05) is 23.2 Å². The molecule has 0 unspecified atom stereocenters. The van der Waals surface area contributed by atoms with Crippen LogP contribution in [0.5, 0.6) is 0 Å². The van der Waals surface area contributed by atoms with Crippen LogP contribution in [0.15, 0.2) is 18.2 Å². The number of anilines is 1. The third kappa shape index (κ3) is 3.01. The van der Waals surface area contributed by atoms with E-state index in [0.717, 1.165) is 0 Å². The molecule has 2 nitrogen and oxygen atoms in total. The molecule has 0 spiro atoms. The minimum absolute atomic E-state index is 0.333. The molecule has 0 heterocycles. The zero-order valence-corrected chi connectivity index (χ0v) is 8.87. The summed E-state index contributed by atoms with van der Waals surface area (Å²) in [5.41, 5.74) is 0.564. The van der Waals surface area contributed by atoms with Crippen LogP contribution in [0.2, 0.25) is 10.0 Å². The minimum atomic E-state index is -0.333. The van der Waals surface area contributed by atoms with E-state index in [1.54, 1.807) is 18.2 Å². The Morgan fingerprint density at radius 3 is 2.17 bits per heavy atom. The minimum Gasteiger partial charge on any atom is -0.316 e. The number of halogens is 3. The van der Waals surface area contributed by atoms with Gasteiger partial charge in [-0.05, 0) is 18.2 Å². The lowest BCUT2D eigenvalue weighted by molar-refractivity contribution is 0.270. The Bertz CT molecular complexity index is 296. The molecule has 0 saturated carbocycles. The fourth-order valence-electron chi connectivity index (χ4n) is 0.739. The molecule has 0 radical (unpaired) electrons. The standard InChI is InChI=1S/C7H4BrCl2NO/c8-7(12)11-6-2-4(9)1-5(10)3-6/h1-3H,(H,11,12). The van der Waals surface area contributed by atoms with E-state index in [1.807, 2.05) is 0 Å². The number of carbonyl (C=O) groups is 1. The lowest BCUT2D eigenvalue weighted by Gasteiger charge is -2.01. The summed E-state index contributed by atoms with van der Waals surface area (Å²) in [6.45, 7) is 0. The van der Waals surface area contributed by atoms with Crippen molar-refractivity contribution in [1.29, 1.82) is 0 Å². The zero-order chi connectivity index (χ0) is 9.14. The average molecular weight is 269 g/mol. The molecule has 1 aromatic carbocycles. The molecule has 0 atom stereocenters. The van der Waals surface area contributed by atoms with Gasteiger partial charge in [0.1, 0.15) is 0 Å². The molecule has 1 N–H and O–H groups in total. The maximum absolute atomic E-state index is 10.6. The Hall–Kier alpha value is -0.250. The van der Waals surface area contributed by atoms with Gasteiger partial charge < -0.3 is 5.32 Å². The average Bonchev–Trinajstić information content (AvgIpc) is 1.81. The predicted octanol–water partition coefficient (Wildman–Crippen LogP) is 3.92. The normalized spacial score (nSPS) is 9.58. The molecule has 12 heavy (non-hydrogen) atoms. The van der Waals surface area contributed by atoms with Gasteiger partial charge in [-0.25, -0.2) is 0 Å². The number of carbonyl (C=O) groups excluding carboxylic acids is 1. The zero-order valence-electron chi connectivity index (χ0n) is 5.77. The number of hydrogen-bond donors (Lipinski definition) is 1. The van der Waals surface area contributed by atoms with E-state index in [9.17, 15) is 4.79 Å². The lowest BCUT2D eigenvalue weighted by Crippen LogP contribution is -1.99. The van der Waals surface area contributed by atoms with Crippen molar-refractivity contribution in [2.24, 2.45) is 0 Å². The summed E-state index contributed by atoms with van der Waals surface area (Å²) in [6.07, 6.45) is 0. The highest BCUT2D eigenvalue weighted by Crippen LogP contribution is 2.22. The second-order valence-electron chi connectivity index (χ2n) is 2.06. The number of rotatable bonds is 1. The van der Waals surface area contributed by atoms with Crippen molar-refractivity contribution in [3.63, 3.8) is 0 Å². The first kappa shape index (κ1) is 9.84. The Balaban J connectivity index is 2.93. The second-order valence-corrected chi connectivity index (χ2v) is 3.65. The predicted molar refractivity (Wildman–Crippen MR) is 54.4 cm³/mol. The summed E-state index contributed by atoms with van der Waals surface area (Å²) < 4.78 is 0. The van der Waals surface area contributed by atoms with Crippen LogP contribution in [0, 0.1) is 0 Å². The molecular formula is C7H4BrCl2NO. The summed E-state index contributed by atoms with van der Waals surface area (Å²) in [5, 5.41) is 3.47. The fourth-order valence-corrected chi connectivity index (χ4v) is 1.49. The first-order valence-electron chi connectivity index (χ1n) is 3.00. The third-order valence-corrected chi connectivity index (χ3v) is 1.74. The van der Waals surface area contributed by atoms with Crippen molar-refractivity contribution in [2.45, 2.75) is 0 Å². The topological polar surface area (TPSA) is 29.1 Å². The van der Waals surface area contributed by atoms with Crippen LogP contribution in [0.1, 0.15) is 0 Å². The van der Waals surface area contributed by atoms with Crippen LogP contribution in [0.4, 0.5) is 10.5 Å². The van der Waals surface area contributed by atoms with Crippen LogP contribution < -0.4 is 5.32 Å². The van der Waals surface area contributed by atoms with Gasteiger partial charge in [0.2, 0.25) is 0 Å². The monoisotopic (exact) mass is 267 g/mol. The van der Waals surface area contributed by atoms with E-state index in [0.29, 0.717) is 15.7 Å². The molecule has 0 bridgehead atoms. The molecule has 0 aliphatic carbocycles. The van der Waals surface area contributed by atoms with Crippen molar-refractivity contribution >= 4 is 49.6 Å². The van der Waals surface area contributed by atoms with Crippen LogP contribution in [0.3, 0.4) is 0 Å². The first-order valence-corrected chi connectivity index (χ1v) is 4.55. The molecule has 0 aliphatic rings. The molecule has 0 fully saturated rings. The van der Waals surface area contributed by atoms with Crippen molar-refractivity contribution in [3.8, 4) is 0 Å². The maximum atomic E-state index is 10.6. The largest absolute Gasteiger partial charge is 0.316 e. The lowest BCUT2D eigenvalue weighted by atomic mass is 10.3. The van der Waals surface area contributed by atoms with Gasteiger partial charge in [0, 0.05) is 31.7 Å². The molecule has 1 rings (SSSR count). The molecule has 64 valence electrons. The molecule has 5 heteroatoms. The molecule has 0 saturated heterocycles. The number of amides is 1. The van der Waals surface area contributed by atoms with Gasteiger partial charge in [0.05, 0.1) is 0 Å². The van der Waals surface area contributed by atoms with E-state index in [2.05, 4.69) is 21.2 Å². The number of nitrogens with one attached hydrogen (secondary N) is 1. The summed E-state index contributed by atoms with van der Waals surface area (Å²) in [7, 11) is 0. The Kier molecular flexibility index (Phi) is 3.38. The van der Waals surface area contributed by atoms with E-state index in [1.165, 1.54) is 0 Å². The fraction of sp³-hybridized carbons (Fsp3) is 0.